The molecule has 1 aliphatic rings. The summed E-state index contributed by atoms with van der Waals surface area (Å²) in [6, 6.07) is 0. The number of hydrogen-bond acceptors (Lipinski definition) is 6. The second-order valence-corrected chi connectivity index (χ2v) is 5.66. The Bertz CT molecular complexity index is 469. The van der Waals surface area contributed by atoms with Crippen LogP contribution in [0.25, 0.3) is 0 Å². The highest BCUT2D eigenvalue weighted by molar-refractivity contribution is 7.19. The second kappa shape index (κ2) is 5.69. The molecular formula is C13H20N2O3S. The zero-order chi connectivity index (χ0) is 14.0. The smallest absolute Gasteiger partial charge is 0.350 e. The molecule has 0 amide bonds. The van der Waals surface area contributed by atoms with Crippen LogP contribution in [0.3, 0.4) is 0 Å². The Morgan fingerprint density at radius 3 is 2.63 bits per heavy atom. The number of methoxy groups -OCH3 is 2. The van der Waals surface area contributed by atoms with Gasteiger partial charge < -0.3 is 20.1 Å². The van der Waals surface area contributed by atoms with Crippen LogP contribution in [-0.2, 0) is 4.74 Å². The topological polar surface area (TPSA) is 64.8 Å². The van der Waals surface area contributed by atoms with Gasteiger partial charge in [0.25, 0.3) is 0 Å². The van der Waals surface area contributed by atoms with Gasteiger partial charge in [0, 0.05) is 13.1 Å². The molecule has 1 aliphatic carbocycles. The van der Waals surface area contributed by atoms with Crippen molar-refractivity contribution in [2.75, 3.05) is 37.9 Å². The number of ether oxygens (including phenoxy) is 2. The van der Waals surface area contributed by atoms with E-state index in [1.165, 1.54) is 31.3 Å². The van der Waals surface area contributed by atoms with E-state index in [1.54, 1.807) is 7.11 Å². The lowest BCUT2D eigenvalue weighted by molar-refractivity contribution is 0.0607. The van der Waals surface area contributed by atoms with Crippen molar-refractivity contribution in [3.8, 4) is 5.75 Å². The van der Waals surface area contributed by atoms with Gasteiger partial charge in [-0.2, -0.15) is 0 Å². The highest BCUT2D eigenvalue weighted by atomic mass is 32.1. The Hall–Kier alpha value is -1.43. The van der Waals surface area contributed by atoms with Crippen LogP contribution in [0.2, 0.25) is 0 Å². The number of thiophene rings is 1. The lowest BCUT2D eigenvalue weighted by Gasteiger charge is -2.22. The maximum absolute atomic E-state index is 11.7. The first-order valence-corrected chi connectivity index (χ1v) is 7.23. The molecule has 1 heterocycles. The summed E-state index contributed by atoms with van der Waals surface area (Å²) >= 11 is 1.35. The number of nitrogen functional groups attached to an aromatic ring is 1. The summed E-state index contributed by atoms with van der Waals surface area (Å²) in [6.07, 6.45) is 2.56. The molecule has 0 aliphatic heterocycles. The average molecular weight is 284 g/mol. The Morgan fingerprint density at radius 1 is 1.47 bits per heavy atom. The maximum atomic E-state index is 11.7. The zero-order valence-electron chi connectivity index (χ0n) is 11.6. The van der Waals surface area contributed by atoms with Gasteiger partial charge in [-0.25, -0.2) is 4.79 Å². The molecule has 0 atom stereocenters. The molecule has 1 aromatic rings. The van der Waals surface area contributed by atoms with Crippen LogP contribution in [0.1, 0.15) is 29.4 Å². The molecule has 1 fully saturated rings. The van der Waals surface area contributed by atoms with Gasteiger partial charge in [0.15, 0.2) is 5.75 Å². The molecule has 1 saturated carbocycles. The zero-order valence-corrected chi connectivity index (χ0v) is 12.4. The van der Waals surface area contributed by atoms with Crippen LogP contribution in [0.4, 0.5) is 10.7 Å². The number of hydrogen-bond donors (Lipinski definition) is 1. The fourth-order valence-corrected chi connectivity index (χ4v) is 3.22. The van der Waals surface area contributed by atoms with Gasteiger partial charge in [0.2, 0.25) is 0 Å². The minimum Gasteiger partial charge on any atom is -0.492 e. The van der Waals surface area contributed by atoms with Gasteiger partial charge >= 0.3 is 5.97 Å². The molecule has 1 aromatic heterocycles. The molecule has 0 saturated heterocycles. The summed E-state index contributed by atoms with van der Waals surface area (Å²) in [6.45, 7) is 3.95. The standard InChI is InChI=1S/C13H20N2O3S/c1-4-15(7-8-5-6-8)12-10(17-2)9(14)11(19-12)13(16)18-3/h8H,4-7,14H2,1-3H3. The number of carbonyl (C=O) groups is 1. The van der Waals surface area contributed by atoms with Gasteiger partial charge in [0.1, 0.15) is 15.6 Å². The van der Waals surface area contributed by atoms with Crippen LogP contribution >= 0.6 is 11.3 Å². The van der Waals surface area contributed by atoms with Crippen molar-refractivity contribution >= 4 is 28.0 Å². The van der Waals surface area contributed by atoms with Crippen LogP contribution in [-0.4, -0.2) is 33.3 Å². The van der Waals surface area contributed by atoms with Crippen molar-refractivity contribution in [2.45, 2.75) is 19.8 Å². The molecule has 0 aromatic carbocycles. The number of carbonyl (C=O) groups excluding carboxylic acids is 1. The van der Waals surface area contributed by atoms with Crippen molar-refractivity contribution in [1.29, 1.82) is 0 Å². The van der Waals surface area contributed by atoms with E-state index in [-0.39, 0.29) is 0 Å². The number of esters is 1. The number of rotatable bonds is 6. The molecule has 2 N–H and O–H groups in total. The maximum Gasteiger partial charge on any atom is 0.350 e. The molecular weight excluding hydrogens is 264 g/mol. The van der Waals surface area contributed by atoms with Crippen LogP contribution in [0, 0.1) is 5.92 Å². The number of nitrogens with two attached hydrogens (primary N) is 1. The minimum absolute atomic E-state index is 0.378. The van der Waals surface area contributed by atoms with Crippen molar-refractivity contribution in [1.82, 2.24) is 0 Å². The molecule has 2 rings (SSSR count). The largest absolute Gasteiger partial charge is 0.492 e. The van der Waals surface area contributed by atoms with Crippen molar-refractivity contribution in [3.63, 3.8) is 0 Å². The third kappa shape index (κ3) is 2.78. The normalized spacial score (nSPS) is 14.3. The second-order valence-electron chi connectivity index (χ2n) is 4.66. The quantitative estimate of drug-likeness (QED) is 0.812. The van der Waals surface area contributed by atoms with Crippen molar-refractivity contribution in [3.05, 3.63) is 4.88 Å². The lowest BCUT2D eigenvalue weighted by atomic mass is 10.3. The summed E-state index contributed by atoms with van der Waals surface area (Å²) in [5.41, 5.74) is 6.37. The Morgan fingerprint density at radius 2 is 2.16 bits per heavy atom. The molecule has 0 spiro atoms. The highest BCUT2D eigenvalue weighted by Gasteiger charge is 2.29. The van der Waals surface area contributed by atoms with Gasteiger partial charge in [-0.1, -0.05) is 0 Å². The molecule has 106 valence electrons. The fraction of sp³-hybridized carbons (Fsp3) is 0.615. The van der Waals surface area contributed by atoms with E-state index in [4.69, 9.17) is 15.2 Å². The summed E-state index contributed by atoms with van der Waals surface area (Å²) in [5, 5.41) is 0.926. The van der Waals surface area contributed by atoms with Crippen molar-refractivity contribution in [2.24, 2.45) is 5.92 Å². The summed E-state index contributed by atoms with van der Waals surface area (Å²) < 4.78 is 10.1. The van der Waals surface area contributed by atoms with E-state index < -0.39 is 5.97 Å². The number of anilines is 2. The van der Waals surface area contributed by atoms with E-state index >= 15 is 0 Å². The highest BCUT2D eigenvalue weighted by Crippen LogP contribution is 2.46. The van der Waals surface area contributed by atoms with Gasteiger partial charge in [-0.05, 0) is 25.7 Å². The fourth-order valence-electron chi connectivity index (χ4n) is 2.03. The Balaban J connectivity index is 2.33. The first-order valence-electron chi connectivity index (χ1n) is 6.41. The first-order chi connectivity index (χ1) is 9.12. The predicted octanol–water partition coefficient (Wildman–Crippen LogP) is 2.36. The van der Waals surface area contributed by atoms with E-state index in [0.717, 1.165) is 24.0 Å². The Kier molecular flexibility index (Phi) is 4.19. The van der Waals surface area contributed by atoms with Gasteiger partial charge in [-0.15, -0.1) is 11.3 Å². The molecule has 19 heavy (non-hydrogen) atoms. The third-order valence-corrected chi connectivity index (χ3v) is 4.53. The summed E-state index contributed by atoms with van der Waals surface area (Å²) in [4.78, 5) is 14.3. The van der Waals surface area contributed by atoms with Crippen LogP contribution < -0.4 is 15.4 Å². The predicted molar refractivity (Wildman–Crippen MR) is 77.2 cm³/mol. The SMILES string of the molecule is CCN(CC1CC1)c1sc(C(=O)OC)c(N)c1OC. The van der Waals surface area contributed by atoms with E-state index in [0.29, 0.717) is 16.3 Å². The van der Waals surface area contributed by atoms with Gasteiger partial charge in [-0.3, -0.25) is 0 Å². The average Bonchev–Trinajstić information content (AvgIpc) is 3.18. The van der Waals surface area contributed by atoms with Gasteiger partial charge in [0.05, 0.1) is 14.2 Å². The van der Waals surface area contributed by atoms with Crippen molar-refractivity contribution < 1.29 is 14.3 Å². The molecule has 0 unspecified atom stereocenters. The summed E-state index contributed by atoms with van der Waals surface area (Å²) in [5.74, 6) is 0.942. The molecule has 0 bridgehead atoms. The molecule has 6 heteroatoms. The van der Waals surface area contributed by atoms with E-state index in [2.05, 4.69) is 11.8 Å². The van der Waals surface area contributed by atoms with E-state index in [9.17, 15) is 4.79 Å². The minimum atomic E-state index is -0.408. The first kappa shape index (κ1) is 14.0. The summed E-state index contributed by atoms with van der Waals surface area (Å²) in [7, 11) is 2.93. The third-order valence-electron chi connectivity index (χ3n) is 3.30. The number of nitrogens with zero attached hydrogens (tertiary/aromatic N) is 1. The molecule has 0 radical (unpaired) electrons. The monoisotopic (exact) mass is 284 g/mol. The molecule has 5 nitrogen and oxygen atoms in total. The van der Waals surface area contributed by atoms with Crippen LogP contribution in [0.5, 0.6) is 5.75 Å². The van der Waals surface area contributed by atoms with Crippen LogP contribution in [0.15, 0.2) is 0 Å². The van der Waals surface area contributed by atoms with E-state index in [1.807, 2.05) is 0 Å². The lowest BCUT2D eigenvalue weighted by Crippen LogP contribution is -2.24. The Labute approximate surface area is 117 Å².